The molecule has 0 bridgehead atoms. The number of rotatable bonds is 7. The predicted molar refractivity (Wildman–Crippen MR) is 132 cm³/mol. The molecule has 4 nitrogen and oxygen atoms in total. The Kier molecular flexibility index (Phi) is 6.99. The van der Waals surface area contributed by atoms with Crippen molar-refractivity contribution in [3.05, 3.63) is 98.9 Å². The van der Waals surface area contributed by atoms with Crippen molar-refractivity contribution < 1.29 is 9.53 Å². The van der Waals surface area contributed by atoms with Gasteiger partial charge in [-0.2, -0.15) is 0 Å². The molecule has 1 heterocycles. The summed E-state index contributed by atoms with van der Waals surface area (Å²) in [7, 11) is 0. The van der Waals surface area contributed by atoms with Crippen LogP contribution in [0.4, 0.5) is 5.69 Å². The Morgan fingerprint density at radius 2 is 1.68 bits per heavy atom. The van der Waals surface area contributed by atoms with E-state index in [0.717, 1.165) is 33.5 Å². The Morgan fingerprint density at radius 3 is 2.35 bits per heavy atom. The maximum atomic E-state index is 12.4. The fourth-order valence-corrected chi connectivity index (χ4v) is 4.36. The zero-order valence-electron chi connectivity index (χ0n) is 17.1. The van der Waals surface area contributed by atoms with Crippen LogP contribution < -0.4 is 15.4 Å². The second-order valence-electron chi connectivity index (χ2n) is 7.16. The summed E-state index contributed by atoms with van der Waals surface area (Å²) in [5.41, 5.74) is 4.17. The third-order valence-corrected chi connectivity index (χ3v) is 6.44. The van der Waals surface area contributed by atoms with Gasteiger partial charge in [-0.1, -0.05) is 71.0 Å². The predicted octanol–water partition coefficient (Wildman–Crippen LogP) is 6.19. The number of thioether (sulfide) groups is 1. The molecule has 3 aromatic rings. The van der Waals surface area contributed by atoms with Crippen LogP contribution >= 0.6 is 27.7 Å². The van der Waals surface area contributed by atoms with E-state index >= 15 is 0 Å². The van der Waals surface area contributed by atoms with Gasteiger partial charge in [-0.25, -0.2) is 0 Å². The molecule has 0 saturated carbocycles. The molecule has 1 amide bonds. The number of benzene rings is 3. The molecule has 31 heavy (non-hydrogen) atoms. The fourth-order valence-electron chi connectivity index (χ4n) is 3.11. The van der Waals surface area contributed by atoms with E-state index in [0.29, 0.717) is 11.5 Å². The molecular weight excluding hydrogens is 472 g/mol. The fraction of sp³-hybridized carbons (Fsp3) is 0.160. The summed E-state index contributed by atoms with van der Waals surface area (Å²) in [6.07, 6.45) is 2.91. The summed E-state index contributed by atoms with van der Waals surface area (Å²) < 4.78 is 6.90. The molecule has 1 unspecified atom stereocenters. The maximum absolute atomic E-state index is 12.4. The van der Waals surface area contributed by atoms with Crippen molar-refractivity contribution in [2.75, 3.05) is 5.32 Å². The van der Waals surface area contributed by atoms with E-state index in [1.807, 2.05) is 66.7 Å². The first kappa shape index (κ1) is 21.5. The smallest absolute Gasteiger partial charge is 0.260 e. The van der Waals surface area contributed by atoms with Gasteiger partial charge in [0, 0.05) is 10.2 Å². The summed E-state index contributed by atoms with van der Waals surface area (Å²) in [4.78, 5) is 13.0. The van der Waals surface area contributed by atoms with Crippen molar-refractivity contribution in [1.29, 1.82) is 0 Å². The summed E-state index contributed by atoms with van der Waals surface area (Å²) >= 11 is 4.92. The van der Waals surface area contributed by atoms with Crippen LogP contribution in [0.3, 0.4) is 0 Å². The molecule has 2 N–H and O–H groups in total. The second-order valence-corrected chi connectivity index (χ2v) is 9.22. The molecule has 0 radical (unpaired) electrons. The van der Waals surface area contributed by atoms with Gasteiger partial charge in [-0.05, 0) is 65.6 Å². The van der Waals surface area contributed by atoms with Gasteiger partial charge >= 0.3 is 0 Å². The van der Waals surface area contributed by atoms with Crippen LogP contribution in [0.2, 0.25) is 0 Å². The average molecular weight is 495 g/mol. The number of hydrogen-bond acceptors (Lipinski definition) is 4. The van der Waals surface area contributed by atoms with Crippen LogP contribution in [0.1, 0.15) is 23.6 Å². The molecule has 0 spiro atoms. The third kappa shape index (κ3) is 5.93. The Hall–Kier alpha value is -2.70. The number of hydrogen-bond donors (Lipinski definition) is 2. The van der Waals surface area contributed by atoms with Crippen LogP contribution in [0.15, 0.2) is 82.2 Å². The number of ether oxygens (including phenoxy) is 1. The molecule has 158 valence electrons. The van der Waals surface area contributed by atoms with E-state index in [2.05, 4.69) is 45.6 Å². The monoisotopic (exact) mass is 494 g/mol. The molecule has 4 rings (SSSR count). The van der Waals surface area contributed by atoms with Gasteiger partial charge in [0.15, 0.2) is 5.50 Å². The third-order valence-electron chi connectivity index (χ3n) is 4.89. The normalized spacial score (nSPS) is 16.9. The summed E-state index contributed by atoms with van der Waals surface area (Å²) in [6, 6.07) is 24.1. The van der Waals surface area contributed by atoms with Crippen LogP contribution in [0.5, 0.6) is 5.75 Å². The molecule has 0 aromatic heterocycles. The number of halogens is 1. The lowest BCUT2D eigenvalue weighted by Crippen LogP contribution is -2.30. The number of aryl methyl sites for hydroxylation is 1. The van der Waals surface area contributed by atoms with Crippen LogP contribution in [-0.2, 0) is 17.8 Å². The minimum absolute atomic E-state index is 0.0664. The van der Waals surface area contributed by atoms with E-state index in [4.69, 9.17) is 4.74 Å². The number of anilines is 1. The van der Waals surface area contributed by atoms with Crippen molar-refractivity contribution in [2.45, 2.75) is 25.4 Å². The lowest BCUT2D eigenvalue weighted by molar-refractivity contribution is -0.116. The van der Waals surface area contributed by atoms with Crippen molar-refractivity contribution in [1.82, 2.24) is 5.32 Å². The molecule has 3 aromatic carbocycles. The zero-order valence-corrected chi connectivity index (χ0v) is 19.5. The van der Waals surface area contributed by atoms with Gasteiger partial charge in [-0.3, -0.25) is 4.79 Å². The highest BCUT2D eigenvalue weighted by molar-refractivity contribution is 9.10. The van der Waals surface area contributed by atoms with Gasteiger partial charge in [-0.15, -0.1) is 0 Å². The summed E-state index contributed by atoms with van der Waals surface area (Å²) in [5, 5.41) is 6.32. The highest BCUT2D eigenvalue weighted by atomic mass is 79.9. The van der Waals surface area contributed by atoms with E-state index in [1.54, 1.807) is 0 Å². The molecule has 1 aliphatic rings. The topological polar surface area (TPSA) is 50.4 Å². The first-order valence-corrected chi connectivity index (χ1v) is 11.8. The standard InChI is InChI=1S/C25H23BrN2O2S/c1-2-17-5-11-21(12-6-17)27-25-28-24(29)23(31-25)15-18-7-13-22(14-8-18)30-16-19-3-9-20(26)10-4-19/h3-15,25,27H,2,16H2,1H3,(H,28,29)/b23-15-. The van der Waals surface area contributed by atoms with Crippen LogP contribution in [0.25, 0.3) is 6.08 Å². The Morgan fingerprint density at radius 1 is 1.00 bits per heavy atom. The Bertz CT molecular complexity index is 1060. The molecule has 1 aliphatic heterocycles. The number of nitrogens with one attached hydrogen (secondary N) is 2. The average Bonchev–Trinajstić information content (AvgIpc) is 3.13. The summed E-state index contributed by atoms with van der Waals surface area (Å²) in [6.45, 7) is 2.65. The van der Waals surface area contributed by atoms with E-state index in [1.165, 1.54) is 17.3 Å². The minimum atomic E-state index is -0.181. The van der Waals surface area contributed by atoms with Gasteiger partial charge in [0.1, 0.15) is 12.4 Å². The van der Waals surface area contributed by atoms with Gasteiger partial charge in [0.2, 0.25) is 0 Å². The number of amides is 1. The number of carbonyl (C=O) groups excluding carboxylic acids is 1. The lowest BCUT2D eigenvalue weighted by Gasteiger charge is -2.12. The Balaban J connectivity index is 1.34. The van der Waals surface area contributed by atoms with Gasteiger partial charge < -0.3 is 15.4 Å². The lowest BCUT2D eigenvalue weighted by atomic mass is 10.1. The van der Waals surface area contributed by atoms with E-state index in [-0.39, 0.29) is 11.4 Å². The van der Waals surface area contributed by atoms with E-state index < -0.39 is 0 Å². The molecule has 1 atom stereocenters. The Labute approximate surface area is 195 Å². The first-order chi connectivity index (χ1) is 15.1. The molecule has 0 aliphatic carbocycles. The maximum Gasteiger partial charge on any atom is 0.260 e. The molecule has 1 fully saturated rings. The highest BCUT2D eigenvalue weighted by Gasteiger charge is 2.27. The van der Waals surface area contributed by atoms with Crippen molar-refractivity contribution in [2.24, 2.45) is 0 Å². The SMILES string of the molecule is CCc1ccc(NC2NC(=O)/C(=C/c3ccc(OCc4ccc(Br)cc4)cc3)S2)cc1. The number of carbonyl (C=O) groups is 1. The van der Waals surface area contributed by atoms with E-state index in [9.17, 15) is 4.79 Å². The van der Waals surface area contributed by atoms with Crippen LogP contribution in [0, 0.1) is 0 Å². The molecular formula is C25H23BrN2O2S. The zero-order chi connectivity index (χ0) is 21.6. The largest absolute Gasteiger partial charge is 0.489 e. The quantitative estimate of drug-likeness (QED) is 0.384. The summed E-state index contributed by atoms with van der Waals surface area (Å²) in [5.74, 6) is 0.729. The van der Waals surface area contributed by atoms with Gasteiger partial charge in [0.05, 0.1) is 4.91 Å². The van der Waals surface area contributed by atoms with Gasteiger partial charge in [0.25, 0.3) is 5.91 Å². The molecule has 6 heteroatoms. The minimum Gasteiger partial charge on any atom is -0.489 e. The highest BCUT2D eigenvalue weighted by Crippen LogP contribution is 2.30. The van der Waals surface area contributed by atoms with Crippen molar-refractivity contribution in [3.63, 3.8) is 0 Å². The van der Waals surface area contributed by atoms with Crippen molar-refractivity contribution >= 4 is 45.4 Å². The first-order valence-electron chi connectivity index (χ1n) is 10.1. The molecule has 1 saturated heterocycles. The second kappa shape index (κ2) is 10.1. The van der Waals surface area contributed by atoms with Crippen molar-refractivity contribution in [3.8, 4) is 5.75 Å². The van der Waals surface area contributed by atoms with Crippen LogP contribution in [-0.4, -0.2) is 11.4 Å².